The molecule has 0 unspecified atom stereocenters. The van der Waals surface area contributed by atoms with Gasteiger partial charge in [0.15, 0.2) is 11.5 Å². The van der Waals surface area contributed by atoms with Crippen LogP contribution >= 0.6 is 0 Å². The number of carboxylic acids is 2. The van der Waals surface area contributed by atoms with Gasteiger partial charge in [-0.05, 0) is 36.6 Å². The van der Waals surface area contributed by atoms with Crippen molar-refractivity contribution in [3.63, 3.8) is 0 Å². The first-order chi connectivity index (χ1) is 17.2. The van der Waals surface area contributed by atoms with Gasteiger partial charge in [-0.3, -0.25) is 14.5 Å². The van der Waals surface area contributed by atoms with Gasteiger partial charge in [-0.25, -0.2) is 9.59 Å². The van der Waals surface area contributed by atoms with E-state index in [9.17, 15) is 9.59 Å². The lowest BCUT2D eigenvalue weighted by atomic mass is 10.1. The molecule has 198 valence electrons. The average molecular weight is 508 g/mol. The number of aliphatic carboxylic acids is 2. The maximum absolute atomic E-state index is 12.6. The molecule has 0 spiro atoms. The Balaban J connectivity index is 0.000000678. The third-order valence-electron chi connectivity index (χ3n) is 5.79. The highest BCUT2D eigenvalue weighted by Crippen LogP contribution is 2.38. The number of ether oxygens (including phenoxy) is 3. The third kappa shape index (κ3) is 8.15. The lowest BCUT2D eigenvalue weighted by Crippen LogP contribution is -2.51. The summed E-state index contributed by atoms with van der Waals surface area (Å²) in [4.78, 5) is 49.0. The van der Waals surface area contributed by atoms with E-state index in [1.165, 1.54) is 0 Å². The first-order valence-corrected chi connectivity index (χ1v) is 11.4. The standard InChI is InChI=1S/C22H31N3O5.C2H2O4/c1-28-18-14-17(15-19(29-2)22(18)30-3)6-7-20(26)25-12-10-23(11-13-25)16-21(27)24-8-4-5-9-24;3-1(4)2(5)6/h6-7,14-15H,4-5,8-13,16H2,1-3H3;(H,3,4)(H,5,6)/b7-6+;. The smallest absolute Gasteiger partial charge is 0.414 e. The molecule has 36 heavy (non-hydrogen) atoms. The predicted octanol–water partition coefficient (Wildman–Crippen LogP) is 0.648. The summed E-state index contributed by atoms with van der Waals surface area (Å²) in [6.45, 7) is 4.86. The summed E-state index contributed by atoms with van der Waals surface area (Å²) < 4.78 is 16.0. The first-order valence-electron chi connectivity index (χ1n) is 11.4. The molecule has 2 aliphatic heterocycles. The highest BCUT2D eigenvalue weighted by molar-refractivity contribution is 6.27. The van der Waals surface area contributed by atoms with Crippen molar-refractivity contribution in [2.75, 3.05) is 67.1 Å². The molecule has 0 aliphatic carbocycles. The zero-order valence-corrected chi connectivity index (χ0v) is 20.8. The second-order valence-electron chi connectivity index (χ2n) is 8.09. The molecule has 0 atom stereocenters. The molecule has 0 radical (unpaired) electrons. The average Bonchev–Trinajstić information content (AvgIpc) is 3.42. The Morgan fingerprint density at radius 1 is 0.806 bits per heavy atom. The number of rotatable bonds is 7. The number of likely N-dealkylation sites (tertiary alicyclic amines) is 1. The van der Waals surface area contributed by atoms with E-state index in [0.717, 1.165) is 31.5 Å². The number of carboxylic acid groups (broad SMARTS) is 2. The van der Waals surface area contributed by atoms with Crippen LogP contribution in [0.2, 0.25) is 0 Å². The highest BCUT2D eigenvalue weighted by Gasteiger charge is 2.24. The van der Waals surface area contributed by atoms with Crippen LogP contribution in [-0.2, 0) is 19.2 Å². The van der Waals surface area contributed by atoms with Crippen LogP contribution in [0.15, 0.2) is 18.2 Å². The van der Waals surface area contributed by atoms with Crippen LogP contribution < -0.4 is 14.2 Å². The molecule has 2 aliphatic rings. The second-order valence-corrected chi connectivity index (χ2v) is 8.09. The Bertz CT molecular complexity index is 929. The number of piperazine rings is 1. The van der Waals surface area contributed by atoms with E-state index in [0.29, 0.717) is 50.0 Å². The number of nitrogens with zero attached hydrogens (tertiary/aromatic N) is 3. The van der Waals surface area contributed by atoms with Gasteiger partial charge in [0.2, 0.25) is 17.6 Å². The zero-order chi connectivity index (χ0) is 26.7. The minimum atomic E-state index is -1.82. The van der Waals surface area contributed by atoms with Crippen molar-refractivity contribution in [1.82, 2.24) is 14.7 Å². The fourth-order valence-corrected chi connectivity index (χ4v) is 3.85. The molecule has 2 heterocycles. The molecule has 12 heteroatoms. The molecule has 1 aromatic rings. The fraction of sp³-hybridized carbons (Fsp3) is 0.500. The molecule has 0 aromatic heterocycles. The van der Waals surface area contributed by atoms with Gasteiger partial charge in [0, 0.05) is 45.3 Å². The van der Waals surface area contributed by atoms with Crippen LogP contribution in [-0.4, -0.2) is 116 Å². The Kier molecular flexibility index (Phi) is 11.0. The van der Waals surface area contributed by atoms with E-state index < -0.39 is 11.9 Å². The minimum absolute atomic E-state index is 0.0470. The van der Waals surface area contributed by atoms with Crippen LogP contribution in [0.3, 0.4) is 0 Å². The topological polar surface area (TPSA) is 146 Å². The van der Waals surface area contributed by atoms with Crippen molar-refractivity contribution < 1.29 is 43.6 Å². The molecule has 12 nitrogen and oxygen atoms in total. The van der Waals surface area contributed by atoms with Crippen molar-refractivity contribution in [2.24, 2.45) is 0 Å². The quantitative estimate of drug-likeness (QED) is 0.398. The fourth-order valence-electron chi connectivity index (χ4n) is 3.85. The Morgan fingerprint density at radius 2 is 1.33 bits per heavy atom. The summed E-state index contributed by atoms with van der Waals surface area (Å²) in [5.41, 5.74) is 0.785. The number of carbonyl (C=O) groups is 4. The van der Waals surface area contributed by atoms with E-state index in [4.69, 9.17) is 34.0 Å². The number of benzene rings is 1. The van der Waals surface area contributed by atoms with Crippen molar-refractivity contribution in [3.05, 3.63) is 23.8 Å². The maximum atomic E-state index is 12.6. The summed E-state index contributed by atoms with van der Waals surface area (Å²) in [5.74, 6) is -1.89. The summed E-state index contributed by atoms with van der Waals surface area (Å²) in [6.07, 6.45) is 5.51. The molecule has 2 amide bonds. The highest BCUT2D eigenvalue weighted by atomic mass is 16.5. The van der Waals surface area contributed by atoms with E-state index in [2.05, 4.69) is 4.90 Å². The molecule has 0 saturated carbocycles. The van der Waals surface area contributed by atoms with Gasteiger partial charge in [-0.15, -0.1) is 0 Å². The summed E-state index contributed by atoms with van der Waals surface area (Å²) in [7, 11) is 4.67. The van der Waals surface area contributed by atoms with Crippen molar-refractivity contribution in [1.29, 1.82) is 0 Å². The normalized spacial score (nSPS) is 15.8. The zero-order valence-electron chi connectivity index (χ0n) is 20.8. The molecule has 2 saturated heterocycles. The SMILES string of the molecule is COc1cc(/C=C/C(=O)N2CCN(CC(=O)N3CCCC3)CC2)cc(OC)c1OC.O=C(O)C(=O)O. The summed E-state index contributed by atoms with van der Waals surface area (Å²) in [6, 6.07) is 3.60. The van der Waals surface area contributed by atoms with Crippen LogP contribution in [0.25, 0.3) is 6.08 Å². The van der Waals surface area contributed by atoms with Gasteiger partial charge in [-0.1, -0.05) is 0 Å². The monoisotopic (exact) mass is 507 g/mol. The van der Waals surface area contributed by atoms with Gasteiger partial charge in [0.05, 0.1) is 27.9 Å². The molecule has 2 N–H and O–H groups in total. The van der Waals surface area contributed by atoms with Crippen molar-refractivity contribution >= 4 is 29.8 Å². The van der Waals surface area contributed by atoms with E-state index in [1.807, 2.05) is 9.80 Å². The number of methoxy groups -OCH3 is 3. The lowest BCUT2D eigenvalue weighted by molar-refractivity contribution is -0.159. The second kappa shape index (κ2) is 13.9. The number of carbonyl (C=O) groups excluding carboxylic acids is 2. The van der Waals surface area contributed by atoms with Crippen LogP contribution in [0.5, 0.6) is 17.2 Å². The minimum Gasteiger partial charge on any atom is -0.493 e. The van der Waals surface area contributed by atoms with Crippen molar-refractivity contribution in [3.8, 4) is 17.2 Å². The Labute approximate surface area is 209 Å². The van der Waals surface area contributed by atoms with Crippen LogP contribution in [0.4, 0.5) is 0 Å². The molecular weight excluding hydrogens is 474 g/mol. The van der Waals surface area contributed by atoms with E-state index in [-0.39, 0.29) is 11.8 Å². The van der Waals surface area contributed by atoms with Crippen molar-refractivity contribution in [2.45, 2.75) is 12.8 Å². The van der Waals surface area contributed by atoms with Gasteiger partial charge in [-0.2, -0.15) is 0 Å². The summed E-state index contributed by atoms with van der Waals surface area (Å²) >= 11 is 0. The molecule has 0 bridgehead atoms. The number of hydrogen-bond acceptors (Lipinski definition) is 8. The number of amides is 2. The number of hydrogen-bond donors (Lipinski definition) is 2. The third-order valence-corrected chi connectivity index (χ3v) is 5.79. The predicted molar refractivity (Wildman–Crippen MR) is 129 cm³/mol. The molecule has 2 fully saturated rings. The first kappa shape index (κ1) is 28.4. The van der Waals surface area contributed by atoms with Gasteiger partial charge < -0.3 is 34.2 Å². The summed E-state index contributed by atoms with van der Waals surface area (Å²) in [5, 5.41) is 14.8. The van der Waals surface area contributed by atoms with Crippen LogP contribution in [0, 0.1) is 0 Å². The maximum Gasteiger partial charge on any atom is 0.414 e. The lowest BCUT2D eigenvalue weighted by Gasteiger charge is -2.34. The Hall–Kier alpha value is -3.80. The molecule has 3 rings (SSSR count). The molecular formula is C24H33N3O9. The molecule has 1 aromatic carbocycles. The largest absolute Gasteiger partial charge is 0.493 e. The van der Waals surface area contributed by atoms with E-state index >= 15 is 0 Å². The Morgan fingerprint density at radius 3 is 1.78 bits per heavy atom. The van der Waals surface area contributed by atoms with Gasteiger partial charge in [0.25, 0.3) is 0 Å². The van der Waals surface area contributed by atoms with Gasteiger partial charge in [0.1, 0.15) is 0 Å². The van der Waals surface area contributed by atoms with Gasteiger partial charge >= 0.3 is 11.9 Å². The van der Waals surface area contributed by atoms with E-state index in [1.54, 1.807) is 45.6 Å². The van der Waals surface area contributed by atoms with Crippen LogP contribution in [0.1, 0.15) is 18.4 Å².